The quantitative estimate of drug-likeness (QED) is 0.783. The summed E-state index contributed by atoms with van der Waals surface area (Å²) < 4.78 is 38.7. The molecule has 2 aromatic carbocycles. The van der Waals surface area contributed by atoms with Gasteiger partial charge in [-0.3, -0.25) is 4.90 Å². The summed E-state index contributed by atoms with van der Waals surface area (Å²) >= 11 is 0. The van der Waals surface area contributed by atoms with Gasteiger partial charge in [0.2, 0.25) is 0 Å². The molecule has 4 atom stereocenters. The van der Waals surface area contributed by atoms with Crippen molar-refractivity contribution in [3.05, 3.63) is 71.3 Å². The van der Waals surface area contributed by atoms with Crippen LogP contribution in [0.3, 0.4) is 0 Å². The van der Waals surface area contributed by atoms with Crippen LogP contribution in [-0.4, -0.2) is 29.6 Å². The number of likely N-dealkylation sites (tertiary alicyclic amines) is 1. The summed E-state index contributed by atoms with van der Waals surface area (Å²) in [6, 6.07) is 15.6. The molecule has 28 heavy (non-hydrogen) atoms. The summed E-state index contributed by atoms with van der Waals surface area (Å²) in [5.74, 6) is 2.00. The molecule has 1 aliphatic heterocycles. The van der Waals surface area contributed by atoms with E-state index in [9.17, 15) is 18.3 Å². The van der Waals surface area contributed by atoms with Crippen molar-refractivity contribution in [3.63, 3.8) is 0 Å². The highest BCUT2D eigenvalue weighted by Crippen LogP contribution is 2.43. The van der Waals surface area contributed by atoms with Crippen LogP contribution in [0.15, 0.2) is 54.6 Å². The smallest absolute Gasteiger partial charge is 0.387 e. The Balaban J connectivity index is 1.31. The van der Waals surface area contributed by atoms with Gasteiger partial charge in [0.25, 0.3) is 0 Å². The van der Waals surface area contributed by atoms with Gasteiger partial charge in [0.1, 0.15) is 0 Å². The first kappa shape index (κ1) is 19.5. The van der Waals surface area contributed by atoms with E-state index in [1.54, 1.807) is 6.07 Å². The summed E-state index contributed by atoms with van der Waals surface area (Å²) in [5, 5.41) is 10.5. The van der Waals surface area contributed by atoms with Crippen LogP contribution < -0.4 is 0 Å². The van der Waals surface area contributed by atoms with E-state index in [1.165, 1.54) is 24.5 Å². The van der Waals surface area contributed by atoms with Crippen LogP contribution in [0, 0.1) is 17.8 Å². The van der Waals surface area contributed by atoms with E-state index in [1.807, 2.05) is 6.07 Å². The number of aliphatic hydroxyl groups is 1. The first-order chi connectivity index (χ1) is 13.4. The number of fused-ring (bicyclic) bond motifs is 1. The molecule has 5 heteroatoms. The van der Waals surface area contributed by atoms with Crippen molar-refractivity contribution in [3.8, 4) is 0 Å². The number of aliphatic hydroxyl groups excluding tert-OH is 1. The average Bonchev–Trinajstić information content (AvgIpc) is 3.19. The molecule has 2 fully saturated rings. The van der Waals surface area contributed by atoms with Crippen LogP contribution >= 0.6 is 0 Å². The number of rotatable bonds is 5. The third-order valence-corrected chi connectivity index (χ3v) is 6.32. The minimum atomic E-state index is -4.38. The van der Waals surface area contributed by atoms with Crippen LogP contribution in [0.25, 0.3) is 0 Å². The minimum absolute atomic E-state index is 0.342. The molecule has 1 aliphatic carbocycles. The van der Waals surface area contributed by atoms with Gasteiger partial charge < -0.3 is 5.11 Å². The normalized spacial score (nSPS) is 26.4. The van der Waals surface area contributed by atoms with Crippen molar-refractivity contribution >= 4 is 0 Å². The number of benzene rings is 2. The lowest BCUT2D eigenvalue weighted by Gasteiger charge is -2.22. The lowest BCUT2D eigenvalue weighted by atomic mass is 9.96. The number of alkyl halides is 3. The maximum atomic E-state index is 12.9. The van der Waals surface area contributed by atoms with Crippen LogP contribution in [0.1, 0.15) is 35.6 Å². The Morgan fingerprint density at radius 1 is 0.964 bits per heavy atom. The predicted molar refractivity (Wildman–Crippen MR) is 103 cm³/mol. The zero-order chi connectivity index (χ0) is 19.7. The zero-order valence-electron chi connectivity index (χ0n) is 15.8. The van der Waals surface area contributed by atoms with E-state index in [0.717, 1.165) is 31.6 Å². The van der Waals surface area contributed by atoms with Crippen LogP contribution in [-0.2, 0) is 12.6 Å². The molecule has 1 N–H and O–H groups in total. The van der Waals surface area contributed by atoms with E-state index < -0.39 is 17.8 Å². The van der Waals surface area contributed by atoms with Crippen molar-refractivity contribution < 1.29 is 18.3 Å². The van der Waals surface area contributed by atoms with Crippen molar-refractivity contribution in [1.82, 2.24) is 4.90 Å². The highest BCUT2D eigenvalue weighted by atomic mass is 19.4. The van der Waals surface area contributed by atoms with Gasteiger partial charge in [-0.05, 0) is 60.3 Å². The predicted octanol–water partition coefficient (Wildman–Crippen LogP) is 4.94. The second-order valence-electron chi connectivity index (χ2n) is 8.40. The van der Waals surface area contributed by atoms with Gasteiger partial charge in [0, 0.05) is 19.6 Å². The lowest BCUT2D eigenvalue weighted by molar-refractivity contribution is -0.137. The van der Waals surface area contributed by atoms with Crippen molar-refractivity contribution in [2.24, 2.45) is 17.8 Å². The Hall–Kier alpha value is -1.85. The summed E-state index contributed by atoms with van der Waals surface area (Å²) in [4.78, 5) is 2.22. The molecule has 0 amide bonds. The first-order valence-corrected chi connectivity index (χ1v) is 10.00. The fourth-order valence-electron chi connectivity index (χ4n) is 5.06. The molecule has 1 saturated heterocycles. The summed E-state index contributed by atoms with van der Waals surface area (Å²) in [5.41, 5.74) is 1.03. The summed E-state index contributed by atoms with van der Waals surface area (Å²) in [7, 11) is 0. The standard InChI is InChI=1S/C23H26F3NO/c24-23(25,26)21-8-4-7-18(12-21)22(28)15-27-13-19-10-17(11-20(19)14-27)9-16-5-2-1-3-6-16/h1-8,12,17,19-20,22,28H,9-11,13-15H2/t17?,19-,20+,22?. The Labute approximate surface area is 164 Å². The second kappa shape index (κ2) is 7.88. The number of hydrogen-bond acceptors (Lipinski definition) is 2. The van der Waals surface area contributed by atoms with Gasteiger partial charge >= 0.3 is 6.18 Å². The zero-order valence-corrected chi connectivity index (χ0v) is 15.8. The van der Waals surface area contributed by atoms with Gasteiger partial charge in [-0.25, -0.2) is 0 Å². The highest BCUT2D eigenvalue weighted by molar-refractivity contribution is 5.27. The lowest BCUT2D eigenvalue weighted by Crippen LogP contribution is -2.28. The molecule has 0 spiro atoms. The molecule has 1 heterocycles. The summed E-state index contributed by atoms with van der Waals surface area (Å²) in [6.45, 7) is 2.27. The highest BCUT2D eigenvalue weighted by Gasteiger charge is 2.41. The minimum Gasteiger partial charge on any atom is -0.387 e. The third kappa shape index (κ3) is 4.41. The molecule has 2 aliphatic rings. The molecule has 2 nitrogen and oxygen atoms in total. The second-order valence-corrected chi connectivity index (χ2v) is 8.40. The Morgan fingerprint density at radius 3 is 2.29 bits per heavy atom. The van der Waals surface area contributed by atoms with Crippen LogP contribution in [0.5, 0.6) is 0 Å². The SMILES string of the molecule is OC(CN1C[C@H]2CC(Cc3ccccc3)C[C@H]2C1)c1cccc(C(F)(F)F)c1. The maximum absolute atomic E-state index is 12.9. The number of halogens is 3. The molecule has 0 aromatic heterocycles. The van der Waals surface area contributed by atoms with Crippen molar-refractivity contribution in [2.45, 2.75) is 31.5 Å². The summed E-state index contributed by atoms with van der Waals surface area (Å²) in [6.07, 6.45) is -1.73. The molecule has 0 radical (unpaired) electrons. The number of β-amino-alcohol motifs (C(OH)–C–C–N with tert-alkyl or cyclic N) is 1. The Kier molecular flexibility index (Phi) is 5.48. The van der Waals surface area contributed by atoms with Gasteiger partial charge in [0.05, 0.1) is 11.7 Å². The van der Waals surface area contributed by atoms with Gasteiger partial charge in [-0.1, -0.05) is 42.5 Å². The van der Waals surface area contributed by atoms with Crippen molar-refractivity contribution in [2.75, 3.05) is 19.6 Å². The fourth-order valence-corrected chi connectivity index (χ4v) is 5.06. The molecule has 2 unspecified atom stereocenters. The van der Waals surface area contributed by atoms with Crippen molar-refractivity contribution in [1.29, 1.82) is 0 Å². The molecular formula is C23H26F3NO. The Bertz CT molecular complexity index is 778. The van der Waals surface area contributed by atoms with E-state index >= 15 is 0 Å². The monoisotopic (exact) mass is 389 g/mol. The van der Waals surface area contributed by atoms with Crippen LogP contribution in [0.4, 0.5) is 13.2 Å². The van der Waals surface area contributed by atoms with E-state index in [2.05, 4.69) is 29.2 Å². The van der Waals surface area contributed by atoms with E-state index in [0.29, 0.717) is 29.9 Å². The molecule has 0 bridgehead atoms. The van der Waals surface area contributed by atoms with E-state index in [4.69, 9.17) is 0 Å². The number of hydrogen-bond donors (Lipinski definition) is 1. The Morgan fingerprint density at radius 2 is 1.64 bits per heavy atom. The average molecular weight is 389 g/mol. The molecule has 4 rings (SSSR count). The largest absolute Gasteiger partial charge is 0.416 e. The maximum Gasteiger partial charge on any atom is 0.416 e. The van der Waals surface area contributed by atoms with Gasteiger partial charge in [0.15, 0.2) is 0 Å². The van der Waals surface area contributed by atoms with Crippen LogP contribution in [0.2, 0.25) is 0 Å². The molecule has 1 saturated carbocycles. The van der Waals surface area contributed by atoms with Gasteiger partial charge in [-0.2, -0.15) is 13.2 Å². The molecule has 150 valence electrons. The molecular weight excluding hydrogens is 363 g/mol. The fraction of sp³-hybridized carbons (Fsp3) is 0.478. The van der Waals surface area contributed by atoms with Gasteiger partial charge in [-0.15, -0.1) is 0 Å². The first-order valence-electron chi connectivity index (χ1n) is 10.00. The third-order valence-electron chi connectivity index (χ3n) is 6.32. The topological polar surface area (TPSA) is 23.5 Å². The number of nitrogens with zero attached hydrogens (tertiary/aromatic N) is 1. The van der Waals surface area contributed by atoms with E-state index in [-0.39, 0.29) is 0 Å². The molecule has 2 aromatic rings.